The van der Waals surface area contributed by atoms with Crippen LogP contribution in [0.5, 0.6) is 0 Å². The maximum absolute atomic E-state index is 12.4. The van der Waals surface area contributed by atoms with Crippen molar-refractivity contribution in [2.45, 2.75) is 26.8 Å². The van der Waals surface area contributed by atoms with Gasteiger partial charge in [0, 0.05) is 0 Å². The predicted molar refractivity (Wildman–Crippen MR) is 85.9 cm³/mol. The van der Waals surface area contributed by atoms with Crippen LogP contribution in [0.25, 0.3) is 11.3 Å². The molecule has 1 aromatic carbocycles. The second-order valence-corrected chi connectivity index (χ2v) is 5.44. The van der Waals surface area contributed by atoms with E-state index in [2.05, 4.69) is 20.4 Å². The van der Waals surface area contributed by atoms with Gasteiger partial charge in [0.15, 0.2) is 0 Å². The van der Waals surface area contributed by atoms with Crippen LogP contribution in [0.4, 0.5) is 0 Å². The number of hydrogen-bond acceptors (Lipinski definition) is 4. The van der Waals surface area contributed by atoms with Gasteiger partial charge in [-0.3, -0.25) is 4.79 Å². The highest BCUT2D eigenvalue weighted by atomic mass is 16.5. The number of nitrogens with one attached hydrogen (secondary N) is 2. The van der Waals surface area contributed by atoms with Crippen molar-refractivity contribution in [1.82, 2.24) is 20.4 Å². The topological polar surface area (TPSA) is 83.8 Å². The van der Waals surface area contributed by atoms with Gasteiger partial charge in [-0.2, -0.15) is 0 Å². The third-order valence-electron chi connectivity index (χ3n) is 3.70. The summed E-state index contributed by atoms with van der Waals surface area (Å²) in [4.78, 5) is 20.0. The molecule has 1 atom stereocenters. The van der Waals surface area contributed by atoms with Crippen LogP contribution in [0.1, 0.15) is 40.6 Å². The normalized spacial score (nSPS) is 12.1. The zero-order valence-electron chi connectivity index (χ0n) is 13.3. The van der Waals surface area contributed by atoms with Crippen molar-refractivity contribution in [2.75, 3.05) is 0 Å². The Labute approximate surface area is 133 Å². The van der Waals surface area contributed by atoms with E-state index in [1.807, 2.05) is 37.3 Å². The molecule has 118 valence electrons. The van der Waals surface area contributed by atoms with Crippen molar-refractivity contribution in [3.63, 3.8) is 0 Å². The van der Waals surface area contributed by atoms with Gasteiger partial charge < -0.3 is 14.8 Å². The van der Waals surface area contributed by atoms with E-state index in [9.17, 15) is 4.79 Å². The summed E-state index contributed by atoms with van der Waals surface area (Å²) in [6, 6.07) is 9.66. The Hall–Kier alpha value is -2.89. The van der Waals surface area contributed by atoms with Crippen LogP contribution in [0.15, 0.2) is 41.1 Å². The number of aromatic amines is 1. The van der Waals surface area contributed by atoms with Crippen molar-refractivity contribution in [3.05, 3.63) is 59.4 Å². The molecule has 6 heteroatoms. The van der Waals surface area contributed by atoms with Crippen molar-refractivity contribution in [1.29, 1.82) is 0 Å². The fraction of sp³-hybridized carbons (Fsp3) is 0.235. The first-order valence-electron chi connectivity index (χ1n) is 7.40. The second kappa shape index (κ2) is 6.08. The Bertz CT molecular complexity index is 801. The largest absolute Gasteiger partial charge is 0.361 e. The van der Waals surface area contributed by atoms with Gasteiger partial charge in [0.2, 0.25) is 0 Å². The summed E-state index contributed by atoms with van der Waals surface area (Å²) in [5, 5.41) is 6.71. The standard InChI is InChI=1S/C17H18N4O2/c1-10-15(12(3)23-21-10)17(22)19-11(2)16-18-9-14(20-16)13-7-5-4-6-8-13/h4-9,11H,1-3H3,(H,18,20)(H,19,22)/t11-/m1/s1. The highest BCUT2D eigenvalue weighted by Crippen LogP contribution is 2.19. The number of hydrogen-bond donors (Lipinski definition) is 2. The number of nitrogens with zero attached hydrogens (tertiary/aromatic N) is 2. The van der Waals surface area contributed by atoms with Gasteiger partial charge in [-0.25, -0.2) is 4.98 Å². The average Bonchev–Trinajstić information content (AvgIpc) is 3.15. The van der Waals surface area contributed by atoms with E-state index in [1.54, 1.807) is 20.0 Å². The van der Waals surface area contributed by atoms with Crippen LogP contribution in [-0.4, -0.2) is 21.0 Å². The fourth-order valence-corrected chi connectivity index (χ4v) is 2.47. The Morgan fingerprint density at radius 2 is 2.00 bits per heavy atom. The molecule has 2 N–H and O–H groups in total. The van der Waals surface area contributed by atoms with E-state index in [1.165, 1.54) is 0 Å². The molecule has 0 bridgehead atoms. The molecule has 0 aliphatic carbocycles. The summed E-state index contributed by atoms with van der Waals surface area (Å²) >= 11 is 0. The molecule has 0 radical (unpaired) electrons. The average molecular weight is 310 g/mol. The lowest BCUT2D eigenvalue weighted by Gasteiger charge is -2.11. The van der Waals surface area contributed by atoms with E-state index < -0.39 is 0 Å². The molecule has 6 nitrogen and oxygen atoms in total. The van der Waals surface area contributed by atoms with Crippen molar-refractivity contribution in [2.24, 2.45) is 0 Å². The molecule has 0 saturated heterocycles. The molecule has 1 amide bonds. The monoisotopic (exact) mass is 310 g/mol. The van der Waals surface area contributed by atoms with Crippen LogP contribution < -0.4 is 5.32 Å². The van der Waals surface area contributed by atoms with E-state index in [4.69, 9.17) is 4.52 Å². The van der Waals surface area contributed by atoms with E-state index in [0.29, 0.717) is 22.8 Å². The second-order valence-electron chi connectivity index (χ2n) is 5.44. The Morgan fingerprint density at radius 1 is 1.26 bits per heavy atom. The van der Waals surface area contributed by atoms with Gasteiger partial charge in [-0.05, 0) is 26.3 Å². The van der Waals surface area contributed by atoms with Gasteiger partial charge in [0.05, 0.1) is 23.6 Å². The van der Waals surface area contributed by atoms with Gasteiger partial charge in [-0.1, -0.05) is 35.5 Å². The first-order valence-corrected chi connectivity index (χ1v) is 7.40. The lowest BCUT2D eigenvalue weighted by molar-refractivity contribution is 0.0936. The SMILES string of the molecule is Cc1noc(C)c1C(=O)N[C@H](C)c1ncc(-c2ccccc2)[nH]1. The maximum atomic E-state index is 12.4. The summed E-state index contributed by atoms with van der Waals surface area (Å²) in [5.41, 5.74) is 3.03. The highest BCUT2D eigenvalue weighted by Gasteiger charge is 2.20. The van der Waals surface area contributed by atoms with Crippen molar-refractivity contribution >= 4 is 5.91 Å². The number of H-pyrrole nitrogens is 1. The van der Waals surface area contributed by atoms with Gasteiger partial charge in [-0.15, -0.1) is 0 Å². The Balaban J connectivity index is 1.75. The molecular formula is C17H18N4O2. The molecule has 0 spiro atoms. The minimum absolute atomic E-state index is 0.216. The van der Waals surface area contributed by atoms with Crippen LogP contribution in [0, 0.1) is 13.8 Å². The van der Waals surface area contributed by atoms with Crippen LogP contribution in [-0.2, 0) is 0 Å². The molecule has 2 aromatic heterocycles. The summed E-state index contributed by atoms with van der Waals surface area (Å²) in [5.74, 6) is 0.993. The number of aryl methyl sites for hydroxylation is 2. The lowest BCUT2D eigenvalue weighted by atomic mass is 10.1. The molecule has 0 aliphatic heterocycles. The summed E-state index contributed by atoms with van der Waals surface area (Å²) in [6.45, 7) is 5.35. The minimum atomic E-state index is -0.256. The highest BCUT2D eigenvalue weighted by molar-refractivity contribution is 5.96. The maximum Gasteiger partial charge on any atom is 0.257 e. The van der Waals surface area contributed by atoms with E-state index in [-0.39, 0.29) is 11.9 Å². The first-order chi connectivity index (χ1) is 11.1. The summed E-state index contributed by atoms with van der Waals surface area (Å²) in [7, 11) is 0. The number of imidazole rings is 1. The quantitative estimate of drug-likeness (QED) is 0.775. The molecule has 0 fully saturated rings. The third-order valence-corrected chi connectivity index (χ3v) is 3.70. The first kappa shape index (κ1) is 15.0. The van der Waals surface area contributed by atoms with Gasteiger partial charge in [0.1, 0.15) is 17.1 Å². The Morgan fingerprint density at radius 3 is 2.65 bits per heavy atom. The van der Waals surface area contributed by atoms with Crippen molar-refractivity contribution in [3.8, 4) is 11.3 Å². The minimum Gasteiger partial charge on any atom is -0.361 e. The molecule has 23 heavy (non-hydrogen) atoms. The molecule has 0 saturated carbocycles. The molecule has 3 aromatic rings. The lowest BCUT2D eigenvalue weighted by Crippen LogP contribution is -2.28. The summed E-state index contributed by atoms with van der Waals surface area (Å²) < 4.78 is 5.03. The molecular weight excluding hydrogens is 292 g/mol. The molecule has 0 unspecified atom stereocenters. The molecule has 0 aliphatic rings. The van der Waals surface area contributed by atoms with Gasteiger partial charge in [0.25, 0.3) is 5.91 Å². The third kappa shape index (κ3) is 3.01. The number of amides is 1. The number of carbonyl (C=O) groups excluding carboxylic acids is 1. The molecule has 3 rings (SSSR count). The fourth-order valence-electron chi connectivity index (χ4n) is 2.47. The number of aromatic nitrogens is 3. The smallest absolute Gasteiger partial charge is 0.257 e. The zero-order valence-corrected chi connectivity index (χ0v) is 13.3. The molecule has 2 heterocycles. The predicted octanol–water partition coefficient (Wildman–Crippen LogP) is 3.17. The van der Waals surface area contributed by atoms with Gasteiger partial charge >= 0.3 is 0 Å². The van der Waals surface area contributed by atoms with Crippen LogP contribution >= 0.6 is 0 Å². The zero-order chi connectivity index (χ0) is 16.4. The number of benzene rings is 1. The van der Waals surface area contributed by atoms with Crippen LogP contribution in [0.3, 0.4) is 0 Å². The number of rotatable bonds is 4. The van der Waals surface area contributed by atoms with Crippen LogP contribution in [0.2, 0.25) is 0 Å². The summed E-state index contributed by atoms with van der Waals surface area (Å²) in [6.07, 6.45) is 1.77. The van der Waals surface area contributed by atoms with E-state index >= 15 is 0 Å². The van der Waals surface area contributed by atoms with Crippen molar-refractivity contribution < 1.29 is 9.32 Å². The van der Waals surface area contributed by atoms with E-state index in [0.717, 1.165) is 11.3 Å². The number of carbonyl (C=O) groups is 1. The Kier molecular flexibility index (Phi) is 3.97.